The number of nitrogens with zero attached hydrogens (tertiary/aromatic N) is 1. The lowest BCUT2D eigenvalue weighted by Gasteiger charge is -2.28. The molecule has 0 fully saturated rings. The van der Waals surface area contributed by atoms with Gasteiger partial charge in [0.15, 0.2) is 36.2 Å². The standard InChI is InChI=1S/C29H34N4O10/c1-6-40-24(35)16-43-27-19(9-8-10-21(27)38-4)14-30-33-23(34)15-42-20-12-11-18(13-22(20)39-5)26-25(28(36)41-7-2)17(3)31-29(37)32-26/h8-14,26H,6-7,15-16H2,1-5H3,(H,33,34)(H2,31,32,37)/b30-14+/t26-/m1/s1. The third-order valence-corrected chi connectivity index (χ3v) is 5.91. The van der Waals surface area contributed by atoms with Crippen molar-refractivity contribution in [2.45, 2.75) is 26.8 Å². The first-order valence-electron chi connectivity index (χ1n) is 13.3. The first-order valence-corrected chi connectivity index (χ1v) is 13.3. The number of amides is 3. The molecule has 1 atom stereocenters. The molecule has 0 aromatic heterocycles. The molecule has 1 aliphatic heterocycles. The molecule has 3 N–H and O–H groups in total. The molecule has 1 aliphatic rings. The molecule has 2 aromatic rings. The number of hydrogen-bond acceptors (Lipinski definition) is 11. The molecular weight excluding hydrogens is 564 g/mol. The van der Waals surface area contributed by atoms with Crippen molar-refractivity contribution in [2.24, 2.45) is 5.10 Å². The van der Waals surface area contributed by atoms with Gasteiger partial charge in [-0.1, -0.05) is 12.1 Å². The van der Waals surface area contributed by atoms with Crippen LogP contribution >= 0.6 is 0 Å². The fraction of sp³-hybridized carbons (Fsp3) is 0.345. The van der Waals surface area contributed by atoms with Gasteiger partial charge in [0, 0.05) is 11.3 Å². The smallest absolute Gasteiger partial charge is 0.344 e. The van der Waals surface area contributed by atoms with Gasteiger partial charge in [0.25, 0.3) is 5.91 Å². The number of urea groups is 1. The molecule has 2 aromatic carbocycles. The highest BCUT2D eigenvalue weighted by Crippen LogP contribution is 2.35. The van der Waals surface area contributed by atoms with Crippen molar-refractivity contribution in [2.75, 3.05) is 40.6 Å². The Morgan fingerprint density at radius 2 is 1.70 bits per heavy atom. The van der Waals surface area contributed by atoms with Crippen LogP contribution in [0, 0.1) is 0 Å². The summed E-state index contributed by atoms with van der Waals surface area (Å²) in [6.45, 7) is 4.63. The Labute approximate surface area is 248 Å². The van der Waals surface area contributed by atoms with E-state index in [4.69, 9.17) is 28.4 Å². The van der Waals surface area contributed by atoms with E-state index in [1.807, 2.05) is 0 Å². The SMILES string of the molecule is CCOC(=O)COc1c(/C=N/NC(=O)COc2ccc([C@H]3NC(=O)NC(C)=C3C(=O)OCC)cc2OC)cccc1OC. The molecule has 230 valence electrons. The second-order valence-electron chi connectivity index (χ2n) is 8.76. The number of allylic oxidation sites excluding steroid dienone is 1. The molecule has 0 saturated carbocycles. The molecule has 14 nitrogen and oxygen atoms in total. The first-order chi connectivity index (χ1) is 20.7. The van der Waals surface area contributed by atoms with Gasteiger partial charge in [-0.2, -0.15) is 5.10 Å². The van der Waals surface area contributed by atoms with E-state index >= 15 is 0 Å². The summed E-state index contributed by atoms with van der Waals surface area (Å²) in [6.07, 6.45) is 1.33. The molecule has 0 aliphatic carbocycles. The van der Waals surface area contributed by atoms with Crippen LogP contribution in [-0.2, 0) is 23.9 Å². The topological polar surface area (TPSA) is 172 Å². The normalized spacial score (nSPS) is 14.3. The van der Waals surface area contributed by atoms with Crippen LogP contribution in [0.4, 0.5) is 4.79 Å². The Bertz CT molecular complexity index is 1410. The van der Waals surface area contributed by atoms with Gasteiger partial charge in [-0.25, -0.2) is 19.8 Å². The average Bonchev–Trinajstić information content (AvgIpc) is 2.98. The van der Waals surface area contributed by atoms with Crippen molar-refractivity contribution in [3.8, 4) is 23.0 Å². The van der Waals surface area contributed by atoms with Crippen LogP contribution in [0.5, 0.6) is 23.0 Å². The van der Waals surface area contributed by atoms with Gasteiger partial charge in [-0.3, -0.25) is 4.79 Å². The van der Waals surface area contributed by atoms with Gasteiger partial charge in [0.1, 0.15) is 0 Å². The quantitative estimate of drug-likeness (QED) is 0.167. The summed E-state index contributed by atoms with van der Waals surface area (Å²) >= 11 is 0. The molecule has 14 heteroatoms. The maximum Gasteiger partial charge on any atom is 0.344 e. The van der Waals surface area contributed by atoms with Crippen LogP contribution in [0.1, 0.15) is 37.9 Å². The molecule has 0 spiro atoms. The van der Waals surface area contributed by atoms with E-state index in [0.717, 1.165) is 0 Å². The second kappa shape index (κ2) is 15.7. The van der Waals surface area contributed by atoms with Crippen LogP contribution in [0.3, 0.4) is 0 Å². The Hall–Kier alpha value is -5.27. The zero-order chi connectivity index (χ0) is 31.4. The van der Waals surface area contributed by atoms with E-state index in [0.29, 0.717) is 22.6 Å². The van der Waals surface area contributed by atoms with E-state index in [9.17, 15) is 19.2 Å². The lowest BCUT2D eigenvalue weighted by atomic mass is 9.95. The lowest BCUT2D eigenvalue weighted by molar-refractivity contribution is -0.145. The zero-order valence-corrected chi connectivity index (χ0v) is 24.5. The highest BCUT2D eigenvalue weighted by Gasteiger charge is 2.32. The number of nitrogens with one attached hydrogen (secondary N) is 3. The first kappa shape index (κ1) is 32.2. The van der Waals surface area contributed by atoms with Crippen LogP contribution in [0.25, 0.3) is 0 Å². The Morgan fingerprint density at radius 3 is 2.40 bits per heavy atom. The predicted molar refractivity (Wildman–Crippen MR) is 153 cm³/mol. The minimum Gasteiger partial charge on any atom is -0.493 e. The number of hydrazone groups is 1. The highest BCUT2D eigenvalue weighted by molar-refractivity contribution is 5.95. The van der Waals surface area contributed by atoms with Gasteiger partial charge in [-0.05, 0) is 50.6 Å². The molecule has 0 radical (unpaired) electrons. The van der Waals surface area contributed by atoms with Gasteiger partial charge in [-0.15, -0.1) is 0 Å². The Balaban J connectivity index is 1.67. The monoisotopic (exact) mass is 598 g/mol. The molecular formula is C29H34N4O10. The number of rotatable bonds is 14. The summed E-state index contributed by atoms with van der Waals surface area (Å²) in [7, 11) is 2.87. The number of para-hydroxylation sites is 1. The van der Waals surface area contributed by atoms with Crippen molar-refractivity contribution in [1.29, 1.82) is 0 Å². The third-order valence-electron chi connectivity index (χ3n) is 5.91. The molecule has 0 bridgehead atoms. The Kier molecular flexibility index (Phi) is 11.7. The summed E-state index contributed by atoms with van der Waals surface area (Å²) in [5, 5.41) is 9.24. The van der Waals surface area contributed by atoms with Crippen molar-refractivity contribution in [1.82, 2.24) is 16.1 Å². The van der Waals surface area contributed by atoms with Crippen LogP contribution < -0.4 is 35.0 Å². The molecule has 43 heavy (non-hydrogen) atoms. The largest absolute Gasteiger partial charge is 0.493 e. The fourth-order valence-corrected chi connectivity index (χ4v) is 4.04. The lowest BCUT2D eigenvalue weighted by Crippen LogP contribution is -2.45. The molecule has 3 amide bonds. The van der Waals surface area contributed by atoms with Gasteiger partial charge in [0.2, 0.25) is 0 Å². The average molecular weight is 599 g/mol. The van der Waals surface area contributed by atoms with E-state index in [1.165, 1.54) is 20.4 Å². The minimum absolute atomic E-state index is 0.169. The van der Waals surface area contributed by atoms with Crippen molar-refractivity contribution >= 4 is 30.1 Å². The number of methoxy groups -OCH3 is 2. The van der Waals surface area contributed by atoms with E-state index < -0.39 is 36.5 Å². The minimum atomic E-state index is -0.795. The number of benzene rings is 2. The number of esters is 2. The van der Waals surface area contributed by atoms with Crippen LogP contribution in [0.15, 0.2) is 52.8 Å². The Morgan fingerprint density at radius 1 is 0.953 bits per heavy atom. The number of carbonyl (C=O) groups excluding carboxylic acids is 4. The fourth-order valence-electron chi connectivity index (χ4n) is 4.04. The number of ether oxygens (including phenoxy) is 6. The zero-order valence-electron chi connectivity index (χ0n) is 24.5. The maximum atomic E-state index is 12.6. The molecule has 0 saturated heterocycles. The summed E-state index contributed by atoms with van der Waals surface area (Å²) in [5.74, 6) is -0.570. The second-order valence-corrected chi connectivity index (χ2v) is 8.76. The van der Waals surface area contributed by atoms with Gasteiger partial charge >= 0.3 is 18.0 Å². The molecule has 1 heterocycles. The van der Waals surface area contributed by atoms with Crippen molar-refractivity contribution in [3.63, 3.8) is 0 Å². The summed E-state index contributed by atoms with van der Waals surface area (Å²) < 4.78 is 32.0. The summed E-state index contributed by atoms with van der Waals surface area (Å²) in [4.78, 5) is 48.9. The molecule has 3 rings (SSSR count). The van der Waals surface area contributed by atoms with Crippen molar-refractivity contribution < 1.29 is 47.6 Å². The number of carbonyl (C=O) groups is 4. The van der Waals surface area contributed by atoms with Crippen LogP contribution in [0.2, 0.25) is 0 Å². The van der Waals surface area contributed by atoms with Crippen LogP contribution in [-0.4, -0.2) is 70.7 Å². The third kappa shape index (κ3) is 8.61. The van der Waals surface area contributed by atoms with E-state index in [1.54, 1.807) is 57.2 Å². The van der Waals surface area contributed by atoms with Gasteiger partial charge in [0.05, 0.1) is 45.3 Å². The van der Waals surface area contributed by atoms with E-state index in [2.05, 4.69) is 21.2 Å². The summed E-state index contributed by atoms with van der Waals surface area (Å²) in [5.41, 5.74) is 3.96. The highest BCUT2D eigenvalue weighted by atomic mass is 16.6. The molecule has 0 unspecified atom stereocenters. The van der Waals surface area contributed by atoms with Crippen molar-refractivity contribution in [3.05, 3.63) is 58.8 Å². The predicted octanol–water partition coefficient (Wildman–Crippen LogP) is 2.37. The van der Waals surface area contributed by atoms with Gasteiger partial charge < -0.3 is 39.1 Å². The maximum absolute atomic E-state index is 12.6. The number of hydrogen-bond donors (Lipinski definition) is 3. The summed E-state index contributed by atoms with van der Waals surface area (Å²) in [6, 6.07) is 8.52. The van der Waals surface area contributed by atoms with E-state index in [-0.39, 0.29) is 42.6 Å².